The number of hydrogen-bond acceptors (Lipinski definition) is 3. The average molecular weight is 503 g/mol. The van der Waals surface area contributed by atoms with Crippen molar-refractivity contribution in [2.45, 2.75) is 58.5 Å². The number of unbranched alkanes of at least 4 members (excludes halogenated alkanes) is 2. The number of carbonyl (C=O) groups excluding carboxylic acids is 1. The maximum atomic E-state index is 13.8. The summed E-state index contributed by atoms with van der Waals surface area (Å²) in [6, 6.07) is 15.9. The van der Waals surface area contributed by atoms with E-state index in [0.29, 0.717) is 24.5 Å². The molecule has 6 heteroatoms. The smallest absolute Gasteiger partial charge is 0.223 e. The van der Waals surface area contributed by atoms with Crippen molar-refractivity contribution in [1.82, 2.24) is 10.2 Å². The molecule has 0 spiro atoms. The first-order valence-electron chi connectivity index (χ1n) is 13.0. The molecule has 0 bridgehead atoms. The van der Waals surface area contributed by atoms with Gasteiger partial charge in [-0.15, -0.1) is 0 Å². The van der Waals surface area contributed by atoms with Crippen molar-refractivity contribution in [3.8, 4) is 5.75 Å². The number of carbonyl (C=O) groups is 1. The van der Waals surface area contributed by atoms with Crippen molar-refractivity contribution in [2.75, 3.05) is 32.8 Å². The zero-order valence-electron chi connectivity index (χ0n) is 21.1. The highest BCUT2D eigenvalue weighted by Gasteiger charge is 2.29. The fraction of sp³-hybridized carbons (Fsp3) is 0.552. The fourth-order valence-corrected chi connectivity index (χ4v) is 4.73. The third-order valence-electron chi connectivity index (χ3n) is 6.89. The van der Waals surface area contributed by atoms with Crippen molar-refractivity contribution in [1.29, 1.82) is 0 Å². The Kier molecular flexibility index (Phi) is 11.3. The largest absolute Gasteiger partial charge is 0.494 e. The first-order chi connectivity index (χ1) is 16.9. The first kappa shape index (κ1) is 27.5. The van der Waals surface area contributed by atoms with Gasteiger partial charge in [0.05, 0.1) is 6.61 Å². The van der Waals surface area contributed by atoms with Crippen LogP contribution in [0.1, 0.15) is 50.7 Å². The number of ether oxygens (including phenoxy) is 1. The highest BCUT2D eigenvalue weighted by atomic mass is 35.5. The predicted octanol–water partition coefficient (Wildman–Crippen LogP) is 6.11. The molecule has 0 radical (unpaired) electrons. The minimum absolute atomic E-state index is 0.0517. The van der Waals surface area contributed by atoms with Gasteiger partial charge in [0.1, 0.15) is 11.9 Å². The van der Waals surface area contributed by atoms with E-state index < -0.39 is 6.17 Å². The number of benzene rings is 2. The Morgan fingerprint density at radius 1 is 1.14 bits per heavy atom. The quantitative estimate of drug-likeness (QED) is 0.317. The van der Waals surface area contributed by atoms with Gasteiger partial charge in [0.2, 0.25) is 5.91 Å². The van der Waals surface area contributed by atoms with E-state index in [-0.39, 0.29) is 17.7 Å². The molecule has 0 saturated carbocycles. The van der Waals surface area contributed by atoms with Crippen LogP contribution in [-0.2, 0) is 17.6 Å². The van der Waals surface area contributed by atoms with E-state index in [1.165, 1.54) is 18.4 Å². The molecule has 2 unspecified atom stereocenters. The van der Waals surface area contributed by atoms with Gasteiger partial charge in [-0.3, -0.25) is 4.79 Å². The number of hydrogen-bond donors (Lipinski definition) is 1. The average Bonchev–Trinajstić information content (AvgIpc) is 3.27. The van der Waals surface area contributed by atoms with E-state index in [0.717, 1.165) is 50.3 Å². The molecule has 0 aliphatic carbocycles. The summed E-state index contributed by atoms with van der Waals surface area (Å²) in [5, 5.41) is 3.81. The normalized spacial score (nSPS) is 17.8. The van der Waals surface area contributed by atoms with Gasteiger partial charge < -0.3 is 15.0 Å². The lowest BCUT2D eigenvalue weighted by atomic mass is 9.86. The third-order valence-corrected chi connectivity index (χ3v) is 7.14. The summed E-state index contributed by atoms with van der Waals surface area (Å²) < 4.78 is 19.7. The second kappa shape index (κ2) is 14.4. The number of alkyl halides is 1. The van der Waals surface area contributed by atoms with Gasteiger partial charge in [0.15, 0.2) is 0 Å². The molecular weight excluding hydrogens is 463 g/mol. The number of amides is 1. The maximum absolute atomic E-state index is 13.8. The Morgan fingerprint density at radius 2 is 1.86 bits per heavy atom. The zero-order valence-corrected chi connectivity index (χ0v) is 21.9. The van der Waals surface area contributed by atoms with E-state index in [9.17, 15) is 9.18 Å². The van der Waals surface area contributed by atoms with Gasteiger partial charge >= 0.3 is 0 Å². The number of rotatable bonds is 14. The molecule has 1 aliphatic heterocycles. The van der Waals surface area contributed by atoms with Crippen molar-refractivity contribution < 1.29 is 13.9 Å². The zero-order chi connectivity index (χ0) is 25.0. The minimum Gasteiger partial charge on any atom is -0.494 e. The van der Waals surface area contributed by atoms with Crippen LogP contribution in [0.3, 0.4) is 0 Å². The summed E-state index contributed by atoms with van der Waals surface area (Å²) in [6.07, 6.45) is 4.77. The monoisotopic (exact) mass is 502 g/mol. The molecule has 3 atom stereocenters. The van der Waals surface area contributed by atoms with Crippen LogP contribution < -0.4 is 10.1 Å². The Labute approximate surface area is 215 Å². The summed E-state index contributed by atoms with van der Waals surface area (Å²) in [5.74, 6) is 0.862. The van der Waals surface area contributed by atoms with Gasteiger partial charge in [0.25, 0.3) is 0 Å². The van der Waals surface area contributed by atoms with Crippen LogP contribution in [0.4, 0.5) is 4.39 Å². The van der Waals surface area contributed by atoms with Gasteiger partial charge in [-0.1, -0.05) is 62.6 Å². The molecule has 2 aromatic carbocycles. The Balaban J connectivity index is 1.56. The Morgan fingerprint density at radius 3 is 2.51 bits per heavy atom. The van der Waals surface area contributed by atoms with Crippen molar-refractivity contribution in [3.05, 3.63) is 64.7 Å². The van der Waals surface area contributed by atoms with Gasteiger partial charge in [-0.05, 0) is 67.0 Å². The molecule has 1 heterocycles. The van der Waals surface area contributed by atoms with Crippen LogP contribution in [-0.4, -0.2) is 49.8 Å². The standard InChI is InChI=1S/C29H40ClFN2O2/c1-3-4-5-18-35-28-12-8-24(9-13-28)19-25(20-33-17-15-27(31)21-33)22(2)29(34)32-16-14-23-6-10-26(30)11-7-23/h6-13,22,25,27H,3-5,14-21H2,1-2H3,(H,32,34)/t22?,25-,27?/m0/s1. The molecule has 3 rings (SSSR count). The lowest BCUT2D eigenvalue weighted by Crippen LogP contribution is -2.40. The third kappa shape index (κ3) is 9.46. The first-order valence-corrected chi connectivity index (χ1v) is 13.4. The second-order valence-electron chi connectivity index (χ2n) is 9.77. The van der Waals surface area contributed by atoms with Crippen LogP contribution in [0, 0.1) is 11.8 Å². The maximum Gasteiger partial charge on any atom is 0.223 e. The molecule has 192 valence electrons. The lowest BCUT2D eigenvalue weighted by molar-refractivity contribution is -0.126. The summed E-state index contributed by atoms with van der Waals surface area (Å²) in [5.41, 5.74) is 2.31. The van der Waals surface area contributed by atoms with E-state index in [2.05, 4.69) is 29.3 Å². The molecule has 1 saturated heterocycles. The fourth-order valence-electron chi connectivity index (χ4n) is 4.61. The number of nitrogens with zero attached hydrogens (tertiary/aromatic N) is 1. The van der Waals surface area contributed by atoms with Crippen molar-refractivity contribution in [3.63, 3.8) is 0 Å². The van der Waals surface area contributed by atoms with Crippen LogP contribution in [0.2, 0.25) is 5.02 Å². The Bertz CT molecular complexity index is 891. The number of nitrogens with one attached hydrogen (secondary N) is 1. The van der Waals surface area contributed by atoms with Gasteiger partial charge in [-0.2, -0.15) is 0 Å². The number of likely N-dealkylation sites (tertiary alicyclic amines) is 1. The number of halogens is 2. The SMILES string of the molecule is CCCCCOc1ccc(C[C@@H](CN2CCC(F)C2)C(C)C(=O)NCCc2ccc(Cl)cc2)cc1. The van der Waals surface area contributed by atoms with Gasteiger partial charge in [-0.25, -0.2) is 4.39 Å². The summed E-state index contributed by atoms with van der Waals surface area (Å²) >= 11 is 5.96. The van der Waals surface area contributed by atoms with Crippen molar-refractivity contribution >= 4 is 17.5 Å². The summed E-state index contributed by atoms with van der Waals surface area (Å²) in [4.78, 5) is 15.2. The molecule has 1 N–H and O–H groups in total. The molecule has 2 aromatic rings. The summed E-state index contributed by atoms with van der Waals surface area (Å²) in [6.45, 7) is 7.44. The van der Waals surface area contributed by atoms with E-state index in [4.69, 9.17) is 16.3 Å². The highest BCUT2D eigenvalue weighted by Crippen LogP contribution is 2.24. The topological polar surface area (TPSA) is 41.6 Å². The highest BCUT2D eigenvalue weighted by molar-refractivity contribution is 6.30. The molecule has 1 fully saturated rings. The molecule has 1 amide bonds. The van der Waals surface area contributed by atoms with Crippen LogP contribution in [0.5, 0.6) is 5.75 Å². The summed E-state index contributed by atoms with van der Waals surface area (Å²) in [7, 11) is 0. The van der Waals surface area contributed by atoms with E-state index >= 15 is 0 Å². The van der Waals surface area contributed by atoms with E-state index in [1.807, 2.05) is 43.3 Å². The Hall–Kier alpha value is -2.11. The minimum atomic E-state index is -0.761. The second-order valence-corrected chi connectivity index (χ2v) is 10.2. The molecule has 35 heavy (non-hydrogen) atoms. The van der Waals surface area contributed by atoms with E-state index in [1.54, 1.807) is 0 Å². The van der Waals surface area contributed by atoms with Crippen molar-refractivity contribution in [2.24, 2.45) is 11.8 Å². The van der Waals surface area contributed by atoms with Crippen LogP contribution >= 0.6 is 11.6 Å². The lowest BCUT2D eigenvalue weighted by Gasteiger charge is -2.28. The predicted molar refractivity (Wildman–Crippen MR) is 142 cm³/mol. The molecule has 0 aromatic heterocycles. The van der Waals surface area contributed by atoms with Gasteiger partial charge in [0, 0.05) is 37.1 Å². The van der Waals surface area contributed by atoms with Crippen LogP contribution in [0.25, 0.3) is 0 Å². The van der Waals surface area contributed by atoms with Crippen LogP contribution in [0.15, 0.2) is 48.5 Å². The molecule has 4 nitrogen and oxygen atoms in total. The molecular formula is C29H40ClFN2O2. The molecule has 1 aliphatic rings.